The molecule has 0 radical (unpaired) electrons. The molecule has 82 valence electrons. The molecule has 0 unspecified atom stereocenters. The molecule has 0 atom stereocenters. The maximum atomic E-state index is 5.75. The summed E-state index contributed by atoms with van der Waals surface area (Å²) in [5.41, 5.74) is 0.973. The third-order valence-corrected chi connectivity index (χ3v) is 3.13. The maximum Gasteiger partial charge on any atom is 0.153 e. The van der Waals surface area contributed by atoms with E-state index in [1.807, 2.05) is 6.07 Å². The van der Waals surface area contributed by atoms with Crippen molar-refractivity contribution < 1.29 is 0 Å². The molecule has 1 aromatic heterocycles. The second kappa shape index (κ2) is 5.31. The molecule has 0 aliphatic heterocycles. The summed E-state index contributed by atoms with van der Waals surface area (Å²) in [5.74, 6) is 0.811. The van der Waals surface area contributed by atoms with Gasteiger partial charge in [0.25, 0.3) is 0 Å². The van der Waals surface area contributed by atoms with E-state index in [1.165, 1.54) is 32.1 Å². The molecule has 0 aromatic carbocycles. The van der Waals surface area contributed by atoms with E-state index in [1.54, 1.807) is 6.20 Å². The van der Waals surface area contributed by atoms with Crippen LogP contribution >= 0.6 is 11.6 Å². The van der Waals surface area contributed by atoms with Crippen LogP contribution in [0.25, 0.3) is 0 Å². The molecule has 15 heavy (non-hydrogen) atoms. The Hall–Kier alpha value is -0.830. The third-order valence-electron chi connectivity index (χ3n) is 2.94. The van der Waals surface area contributed by atoms with Crippen LogP contribution in [0.3, 0.4) is 0 Å². The topological polar surface area (TPSA) is 37.8 Å². The Morgan fingerprint density at radius 2 is 2.13 bits per heavy atom. The third kappa shape index (κ3) is 3.34. The van der Waals surface area contributed by atoms with E-state index in [-0.39, 0.29) is 0 Å². The number of nitrogens with zero attached hydrogens (tertiary/aromatic N) is 2. The summed E-state index contributed by atoms with van der Waals surface area (Å²) in [5, 5.41) is 11.3. The fourth-order valence-electron chi connectivity index (χ4n) is 2.09. The van der Waals surface area contributed by atoms with E-state index in [2.05, 4.69) is 15.5 Å². The summed E-state index contributed by atoms with van der Waals surface area (Å²) in [6, 6.07) is 1.82. The average Bonchev–Trinajstić information content (AvgIpc) is 2.28. The zero-order valence-corrected chi connectivity index (χ0v) is 9.50. The average molecular weight is 226 g/mol. The lowest BCUT2D eigenvalue weighted by atomic mass is 9.89. The van der Waals surface area contributed by atoms with E-state index in [0.717, 1.165) is 18.2 Å². The van der Waals surface area contributed by atoms with Crippen molar-refractivity contribution >= 4 is 17.3 Å². The molecule has 2 rings (SSSR count). The van der Waals surface area contributed by atoms with E-state index >= 15 is 0 Å². The van der Waals surface area contributed by atoms with Gasteiger partial charge in [-0.05, 0) is 18.8 Å². The molecule has 0 amide bonds. The first-order valence-corrected chi connectivity index (χ1v) is 5.94. The van der Waals surface area contributed by atoms with Gasteiger partial charge in [0.05, 0.1) is 11.9 Å². The van der Waals surface area contributed by atoms with Gasteiger partial charge in [-0.25, -0.2) is 0 Å². The van der Waals surface area contributed by atoms with Crippen LogP contribution in [-0.2, 0) is 0 Å². The Balaban J connectivity index is 1.81. The molecule has 1 N–H and O–H groups in total. The highest BCUT2D eigenvalue weighted by Gasteiger charge is 2.12. The Morgan fingerprint density at radius 1 is 1.33 bits per heavy atom. The molecule has 1 heterocycles. The van der Waals surface area contributed by atoms with Crippen molar-refractivity contribution in [2.45, 2.75) is 32.1 Å². The van der Waals surface area contributed by atoms with Crippen LogP contribution in [0.15, 0.2) is 12.3 Å². The molecule has 1 aliphatic carbocycles. The summed E-state index contributed by atoms with van der Waals surface area (Å²) < 4.78 is 0. The van der Waals surface area contributed by atoms with Gasteiger partial charge in [0.2, 0.25) is 0 Å². The molecule has 1 aromatic rings. The standard InChI is InChI=1S/C11H16ClN3/c12-11-6-10(8-14-15-11)13-7-9-4-2-1-3-5-9/h6,8-9H,1-5,7H2,(H,13,15). The number of aromatic nitrogens is 2. The van der Waals surface area contributed by atoms with Gasteiger partial charge < -0.3 is 5.32 Å². The minimum atomic E-state index is 0.448. The number of halogens is 1. The van der Waals surface area contributed by atoms with Gasteiger partial charge in [-0.2, -0.15) is 5.10 Å². The molecular weight excluding hydrogens is 210 g/mol. The van der Waals surface area contributed by atoms with Crippen molar-refractivity contribution in [2.75, 3.05) is 11.9 Å². The van der Waals surface area contributed by atoms with Crippen LogP contribution in [0.1, 0.15) is 32.1 Å². The SMILES string of the molecule is Clc1cc(NCC2CCCCC2)cnn1. The Labute approximate surface area is 95.2 Å². The van der Waals surface area contributed by atoms with Crippen molar-refractivity contribution in [1.82, 2.24) is 10.2 Å². The first-order chi connectivity index (χ1) is 7.34. The van der Waals surface area contributed by atoms with E-state index in [4.69, 9.17) is 11.6 Å². The molecular formula is C11H16ClN3. The molecule has 0 saturated heterocycles. The highest BCUT2D eigenvalue weighted by atomic mass is 35.5. The lowest BCUT2D eigenvalue weighted by Gasteiger charge is -2.22. The highest BCUT2D eigenvalue weighted by Crippen LogP contribution is 2.24. The van der Waals surface area contributed by atoms with Crippen LogP contribution in [0.4, 0.5) is 5.69 Å². The Kier molecular flexibility index (Phi) is 3.78. The Morgan fingerprint density at radius 3 is 2.87 bits per heavy atom. The second-order valence-corrected chi connectivity index (χ2v) is 4.54. The minimum absolute atomic E-state index is 0.448. The first-order valence-electron chi connectivity index (χ1n) is 5.57. The second-order valence-electron chi connectivity index (χ2n) is 4.15. The van der Waals surface area contributed by atoms with Gasteiger partial charge in [-0.15, -0.1) is 5.10 Å². The van der Waals surface area contributed by atoms with Crippen LogP contribution in [0.2, 0.25) is 5.15 Å². The van der Waals surface area contributed by atoms with Gasteiger partial charge >= 0.3 is 0 Å². The van der Waals surface area contributed by atoms with E-state index in [0.29, 0.717) is 5.15 Å². The lowest BCUT2D eigenvalue weighted by molar-refractivity contribution is 0.373. The predicted molar refractivity (Wildman–Crippen MR) is 62.1 cm³/mol. The fraction of sp³-hybridized carbons (Fsp3) is 0.636. The molecule has 0 bridgehead atoms. The number of nitrogens with one attached hydrogen (secondary N) is 1. The van der Waals surface area contributed by atoms with Gasteiger partial charge in [0, 0.05) is 12.6 Å². The van der Waals surface area contributed by atoms with Gasteiger partial charge in [-0.1, -0.05) is 30.9 Å². The summed E-state index contributed by atoms with van der Waals surface area (Å²) in [7, 11) is 0. The van der Waals surface area contributed by atoms with Crippen molar-refractivity contribution in [3.05, 3.63) is 17.4 Å². The monoisotopic (exact) mass is 225 g/mol. The Bertz CT molecular complexity index is 310. The molecule has 4 heteroatoms. The van der Waals surface area contributed by atoms with Crippen LogP contribution in [-0.4, -0.2) is 16.7 Å². The molecule has 1 fully saturated rings. The van der Waals surface area contributed by atoms with Crippen molar-refractivity contribution in [1.29, 1.82) is 0 Å². The predicted octanol–water partition coefficient (Wildman–Crippen LogP) is 3.12. The largest absolute Gasteiger partial charge is 0.383 e. The minimum Gasteiger partial charge on any atom is -0.383 e. The molecule has 1 aliphatic rings. The fourth-order valence-corrected chi connectivity index (χ4v) is 2.25. The summed E-state index contributed by atoms with van der Waals surface area (Å²) >= 11 is 5.75. The number of hydrogen-bond donors (Lipinski definition) is 1. The zero-order chi connectivity index (χ0) is 10.5. The lowest BCUT2D eigenvalue weighted by Crippen LogP contribution is -2.17. The normalized spacial score (nSPS) is 17.7. The molecule has 1 saturated carbocycles. The van der Waals surface area contributed by atoms with Crippen molar-refractivity contribution in [3.8, 4) is 0 Å². The van der Waals surface area contributed by atoms with E-state index in [9.17, 15) is 0 Å². The van der Waals surface area contributed by atoms with Crippen LogP contribution in [0, 0.1) is 5.92 Å². The zero-order valence-electron chi connectivity index (χ0n) is 8.75. The number of rotatable bonds is 3. The van der Waals surface area contributed by atoms with Gasteiger partial charge in [0.15, 0.2) is 5.15 Å². The number of anilines is 1. The molecule has 0 spiro atoms. The van der Waals surface area contributed by atoms with Gasteiger partial charge in [-0.3, -0.25) is 0 Å². The first kappa shape index (κ1) is 10.7. The summed E-state index contributed by atoms with van der Waals surface area (Å²) in [6.07, 6.45) is 8.57. The van der Waals surface area contributed by atoms with Crippen LogP contribution in [0.5, 0.6) is 0 Å². The molecule has 3 nitrogen and oxygen atoms in total. The summed E-state index contributed by atoms with van der Waals surface area (Å²) in [4.78, 5) is 0. The van der Waals surface area contributed by atoms with Crippen LogP contribution < -0.4 is 5.32 Å². The highest BCUT2D eigenvalue weighted by molar-refractivity contribution is 6.29. The van der Waals surface area contributed by atoms with Gasteiger partial charge in [0.1, 0.15) is 0 Å². The summed E-state index contributed by atoms with van der Waals surface area (Å²) in [6.45, 7) is 1.03. The quantitative estimate of drug-likeness (QED) is 0.859. The number of hydrogen-bond acceptors (Lipinski definition) is 3. The van der Waals surface area contributed by atoms with Crippen molar-refractivity contribution in [2.24, 2.45) is 5.92 Å². The smallest absolute Gasteiger partial charge is 0.153 e. The van der Waals surface area contributed by atoms with Crippen molar-refractivity contribution in [3.63, 3.8) is 0 Å². The van der Waals surface area contributed by atoms with E-state index < -0.39 is 0 Å². The maximum absolute atomic E-state index is 5.75.